The van der Waals surface area contributed by atoms with Gasteiger partial charge in [-0.3, -0.25) is 10.6 Å². The summed E-state index contributed by atoms with van der Waals surface area (Å²) in [6, 6.07) is 31.7. The van der Waals surface area contributed by atoms with Gasteiger partial charge >= 0.3 is 12.2 Å². The van der Waals surface area contributed by atoms with Crippen molar-refractivity contribution in [1.29, 1.82) is 0 Å². The Balaban J connectivity index is 1.24. The molecule has 0 heterocycles. The van der Waals surface area contributed by atoms with Crippen LogP contribution in [-0.4, -0.2) is 12.2 Å². The third-order valence-corrected chi connectivity index (χ3v) is 5.58. The summed E-state index contributed by atoms with van der Waals surface area (Å²) in [6.45, 7) is 1.85. The van der Waals surface area contributed by atoms with Gasteiger partial charge in [0.15, 0.2) is 0 Å². The number of amides is 2. The van der Waals surface area contributed by atoms with Crippen LogP contribution in [0.4, 0.5) is 21.0 Å². The quantitative estimate of drug-likeness (QED) is 0.289. The highest BCUT2D eigenvalue weighted by Crippen LogP contribution is 2.24. The second-order valence-corrected chi connectivity index (χ2v) is 8.08. The molecule has 0 saturated carbocycles. The molecule has 0 atom stereocenters. The van der Waals surface area contributed by atoms with Crippen molar-refractivity contribution in [2.45, 2.75) is 6.92 Å². The van der Waals surface area contributed by atoms with E-state index < -0.39 is 12.2 Å². The molecule has 0 bridgehead atoms. The molecule has 0 aromatic heterocycles. The summed E-state index contributed by atoms with van der Waals surface area (Å²) in [7, 11) is 0. The van der Waals surface area contributed by atoms with Crippen LogP contribution >= 0.6 is 0 Å². The molecule has 172 valence electrons. The molecular formula is C29H22N2O4. The molecule has 5 aromatic carbocycles. The topological polar surface area (TPSA) is 76.7 Å². The molecule has 0 fully saturated rings. The maximum Gasteiger partial charge on any atom is 0.417 e. The first-order chi connectivity index (χ1) is 17.0. The van der Waals surface area contributed by atoms with Gasteiger partial charge in [0.25, 0.3) is 0 Å². The Morgan fingerprint density at radius 2 is 1.09 bits per heavy atom. The van der Waals surface area contributed by atoms with Gasteiger partial charge in [0.05, 0.1) is 0 Å². The third-order valence-electron chi connectivity index (χ3n) is 5.58. The van der Waals surface area contributed by atoms with E-state index in [0.717, 1.165) is 27.1 Å². The van der Waals surface area contributed by atoms with Gasteiger partial charge in [-0.15, -0.1) is 0 Å². The number of anilines is 2. The van der Waals surface area contributed by atoms with Gasteiger partial charge in [-0.25, -0.2) is 9.59 Å². The minimum absolute atomic E-state index is 0.436. The molecule has 0 spiro atoms. The fourth-order valence-corrected chi connectivity index (χ4v) is 3.79. The lowest BCUT2D eigenvalue weighted by Crippen LogP contribution is -2.19. The van der Waals surface area contributed by atoms with Crippen LogP contribution in [0, 0.1) is 6.92 Å². The number of rotatable bonds is 4. The molecule has 0 aliphatic heterocycles. The third kappa shape index (κ3) is 5.23. The number of fused-ring (bicyclic) bond motifs is 2. The highest BCUT2D eigenvalue weighted by atomic mass is 16.6. The SMILES string of the molecule is Cc1ccc(NC(=O)Oc2ccc3ccccc3c2)cc1NC(=O)Oc1ccc2ccccc2c1. The highest BCUT2D eigenvalue weighted by Gasteiger charge is 2.11. The molecule has 0 aliphatic rings. The van der Waals surface area contributed by atoms with Crippen molar-refractivity contribution in [3.05, 3.63) is 109 Å². The summed E-state index contributed by atoms with van der Waals surface area (Å²) in [5, 5.41) is 9.51. The zero-order valence-corrected chi connectivity index (χ0v) is 18.9. The monoisotopic (exact) mass is 462 g/mol. The van der Waals surface area contributed by atoms with E-state index in [1.165, 1.54) is 0 Å². The van der Waals surface area contributed by atoms with E-state index in [-0.39, 0.29) is 0 Å². The second-order valence-electron chi connectivity index (χ2n) is 8.08. The molecule has 5 rings (SSSR count). The van der Waals surface area contributed by atoms with E-state index in [0.29, 0.717) is 22.9 Å². The average molecular weight is 463 g/mol. The fraction of sp³-hybridized carbons (Fsp3) is 0.0345. The van der Waals surface area contributed by atoms with Gasteiger partial charge in [-0.05, 0) is 70.4 Å². The minimum Gasteiger partial charge on any atom is -0.410 e. The Morgan fingerprint density at radius 3 is 1.66 bits per heavy atom. The average Bonchev–Trinajstić information content (AvgIpc) is 2.86. The largest absolute Gasteiger partial charge is 0.417 e. The standard InChI is InChI=1S/C29H22N2O4/c1-19-10-13-24(30-28(32)34-25-14-11-20-6-2-4-8-22(20)16-25)18-27(19)31-29(33)35-26-15-12-21-7-3-5-9-23(21)17-26/h2-18H,1H3,(H,30,32)(H,31,33). The number of benzene rings is 5. The Bertz CT molecular complexity index is 1560. The van der Waals surface area contributed by atoms with Gasteiger partial charge in [-0.1, -0.05) is 66.7 Å². The zero-order chi connectivity index (χ0) is 24.2. The van der Waals surface area contributed by atoms with Crippen LogP contribution in [0.1, 0.15) is 5.56 Å². The molecule has 6 heteroatoms. The first-order valence-electron chi connectivity index (χ1n) is 11.1. The summed E-state index contributed by atoms with van der Waals surface area (Å²) in [5.74, 6) is 0.873. The van der Waals surface area contributed by atoms with Gasteiger partial charge in [0.1, 0.15) is 11.5 Å². The smallest absolute Gasteiger partial charge is 0.410 e. The first kappa shape index (κ1) is 22.0. The number of nitrogens with one attached hydrogen (secondary N) is 2. The van der Waals surface area contributed by atoms with E-state index in [4.69, 9.17) is 9.47 Å². The molecule has 0 saturated heterocycles. The lowest BCUT2D eigenvalue weighted by atomic mass is 10.1. The van der Waals surface area contributed by atoms with E-state index in [1.807, 2.05) is 73.7 Å². The molecule has 6 nitrogen and oxygen atoms in total. The van der Waals surface area contributed by atoms with Crippen LogP contribution < -0.4 is 20.1 Å². The van der Waals surface area contributed by atoms with Crippen LogP contribution in [0.15, 0.2) is 103 Å². The van der Waals surface area contributed by atoms with E-state index in [1.54, 1.807) is 36.4 Å². The molecule has 2 amide bonds. The summed E-state index contributed by atoms with van der Waals surface area (Å²) in [5.41, 5.74) is 1.80. The lowest BCUT2D eigenvalue weighted by Gasteiger charge is -2.12. The van der Waals surface area contributed by atoms with Crippen LogP contribution in [0.3, 0.4) is 0 Å². The molecular weight excluding hydrogens is 440 g/mol. The van der Waals surface area contributed by atoms with Crippen molar-refractivity contribution in [2.75, 3.05) is 10.6 Å². The van der Waals surface area contributed by atoms with E-state index in [9.17, 15) is 9.59 Å². The summed E-state index contributed by atoms with van der Waals surface area (Å²) >= 11 is 0. The molecule has 35 heavy (non-hydrogen) atoms. The molecule has 5 aromatic rings. The number of hydrogen-bond donors (Lipinski definition) is 2. The Labute approximate surface area is 202 Å². The van der Waals surface area contributed by atoms with Gasteiger partial charge in [0, 0.05) is 11.4 Å². The normalized spacial score (nSPS) is 10.7. The molecule has 2 N–H and O–H groups in total. The number of aryl methyl sites for hydroxylation is 1. The van der Waals surface area contributed by atoms with E-state index in [2.05, 4.69) is 10.6 Å². The van der Waals surface area contributed by atoms with Crippen molar-refractivity contribution in [2.24, 2.45) is 0 Å². The Morgan fingerprint density at radius 1 is 0.571 bits per heavy atom. The number of hydrogen-bond acceptors (Lipinski definition) is 4. The van der Waals surface area contributed by atoms with Crippen molar-refractivity contribution in [1.82, 2.24) is 0 Å². The molecule has 0 unspecified atom stereocenters. The van der Waals surface area contributed by atoms with E-state index >= 15 is 0 Å². The Kier molecular flexibility index (Phi) is 6.01. The van der Waals surface area contributed by atoms with Crippen LogP contribution in [0.5, 0.6) is 11.5 Å². The lowest BCUT2D eigenvalue weighted by molar-refractivity contribution is 0.214. The minimum atomic E-state index is -0.631. The van der Waals surface area contributed by atoms with Gasteiger partial charge in [-0.2, -0.15) is 0 Å². The second kappa shape index (κ2) is 9.57. The fourth-order valence-electron chi connectivity index (χ4n) is 3.79. The number of ether oxygens (including phenoxy) is 2. The maximum atomic E-state index is 12.5. The van der Waals surface area contributed by atoms with Crippen molar-refractivity contribution < 1.29 is 19.1 Å². The van der Waals surface area contributed by atoms with Gasteiger partial charge < -0.3 is 9.47 Å². The Hall–Kier alpha value is -4.84. The zero-order valence-electron chi connectivity index (χ0n) is 18.9. The van der Waals surface area contributed by atoms with Crippen molar-refractivity contribution in [3.8, 4) is 11.5 Å². The summed E-state index contributed by atoms with van der Waals surface area (Å²) in [4.78, 5) is 24.9. The number of carbonyl (C=O) groups is 2. The summed E-state index contributed by atoms with van der Waals surface area (Å²) in [6.07, 6.45) is -1.26. The maximum absolute atomic E-state index is 12.5. The van der Waals surface area contributed by atoms with Crippen LogP contribution in [-0.2, 0) is 0 Å². The van der Waals surface area contributed by atoms with Crippen molar-refractivity contribution >= 4 is 45.1 Å². The van der Waals surface area contributed by atoms with Crippen molar-refractivity contribution in [3.63, 3.8) is 0 Å². The molecule has 0 aliphatic carbocycles. The predicted molar refractivity (Wildman–Crippen MR) is 138 cm³/mol. The highest BCUT2D eigenvalue weighted by molar-refractivity contribution is 5.92. The molecule has 0 radical (unpaired) electrons. The number of carbonyl (C=O) groups excluding carboxylic acids is 2. The first-order valence-corrected chi connectivity index (χ1v) is 11.1. The van der Waals surface area contributed by atoms with Gasteiger partial charge in [0.2, 0.25) is 0 Å². The summed E-state index contributed by atoms with van der Waals surface area (Å²) < 4.78 is 10.9. The van der Waals surface area contributed by atoms with Crippen LogP contribution in [0.25, 0.3) is 21.5 Å². The van der Waals surface area contributed by atoms with Crippen LogP contribution in [0.2, 0.25) is 0 Å². The predicted octanol–water partition coefficient (Wildman–Crippen LogP) is 7.52.